The number of amides is 1. The van der Waals surface area contributed by atoms with Gasteiger partial charge in [0.25, 0.3) is 15.9 Å². The van der Waals surface area contributed by atoms with Crippen molar-refractivity contribution in [3.63, 3.8) is 0 Å². The summed E-state index contributed by atoms with van der Waals surface area (Å²) in [6, 6.07) is 22.3. The first-order chi connectivity index (χ1) is 18.1. The number of anilines is 1. The van der Waals surface area contributed by atoms with Crippen molar-refractivity contribution in [3.8, 4) is 5.69 Å². The van der Waals surface area contributed by atoms with Gasteiger partial charge in [0.05, 0.1) is 26.8 Å². The van der Waals surface area contributed by atoms with Gasteiger partial charge in [-0.2, -0.15) is 5.10 Å². The number of sulfonamides is 1. The molecule has 0 radical (unpaired) electrons. The number of nitrogens with one attached hydrogen (secondary N) is 1. The number of aromatic nitrogens is 1. The molecule has 0 bridgehead atoms. The van der Waals surface area contributed by atoms with Crippen LogP contribution in [0.4, 0.5) is 5.69 Å². The zero-order valence-electron chi connectivity index (χ0n) is 21.0. The van der Waals surface area contributed by atoms with Crippen molar-refractivity contribution in [1.82, 2.24) is 9.99 Å². The van der Waals surface area contributed by atoms with Gasteiger partial charge in [-0.3, -0.25) is 9.10 Å². The first-order valence-corrected chi connectivity index (χ1v) is 13.9. The van der Waals surface area contributed by atoms with E-state index in [0.29, 0.717) is 0 Å². The molecule has 0 unspecified atom stereocenters. The molecule has 0 aliphatic rings. The molecule has 1 aromatic heterocycles. The molecule has 0 spiro atoms. The maximum atomic E-state index is 13.4. The minimum Gasteiger partial charge on any atom is -0.318 e. The van der Waals surface area contributed by atoms with Gasteiger partial charge >= 0.3 is 0 Å². The van der Waals surface area contributed by atoms with Crippen LogP contribution in [0, 0.1) is 20.8 Å². The summed E-state index contributed by atoms with van der Waals surface area (Å²) >= 11 is 12.2. The number of rotatable bonds is 8. The smallest absolute Gasteiger partial charge is 0.264 e. The molecule has 1 amide bonds. The Labute approximate surface area is 232 Å². The minimum atomic E-state index is -4.08. The number of carbonyl (C=O) groups is 1. The quantitative estimate of drug-likeness (QED) is 0.207. The molecule has 0 aliphatic heterocycles. The van der Waals surface area contributed by atoms with Gasteiger partial charge in [0.1, 0.15) is 6.54 Å². The number of benzene rings is 3. The average molecular weight is 570 g/mol. The van der Waals surface area contributed by atoms with E-state index in [1.807, 2.05) is 45.0 Å². The van der Waals surface area contributed by atoms with Crippen molar-refractivity contribution in [2.75, 3.05) is 10.8 Å². The molecule has 0 atom stereocenters. The van der Waals surface area contributed by atoms with Gasteiger partial charge in [0, 0.05) is 22.6 Å². The summed E-state index contributed by atoms with van der Waals surface area (Å²) in [6.45, 7) is 5.48. The number of aryl methyl sites for hydroxylation is 2. The van der Waals surface area contributed by atoms with Crippen molar-refractivity contribution in [2.45, 2.75) is 25.7 Å². The van der Waals surface area contributed by atoms with Crippen molar-refractivity contribution < 1.29 is 13.2 Å². The van der Waals surface area contributed by atoms with Crippen molar-refractivity contribution in [2.24, 2.45) is 5.10 Å². The number of hydrogen-bond acceptors (Lipinski definition) is 4. The van der Waals surface area contributed by atoms with Crippen LogP contribution in [0.25, 0.3) is 5.69 Å². The van der Waals surface area contributed by atoms with Crippen LogP contribution in [0.5, 0.6) is 0 Å². The summed E-state index contributed by atoms with van der Waals surface area (Å²) in [7, 11) is -4.08. The summed E-state index contributed by atoms with van der Waals surface area (Å²) < 4.78 is 29.9. The first kappa shape index (κ1) is 27.4. The van der Waals surface area contributed by atoms with Crippen molar-refractivity contribution in [1.29, 1.82) is 0 Å². The number of nitrogens with zero attached hydrogens (tertiary/aromatic N) is 3. The summed E-state index contributed by atoms with van der Waals surface area (Å²) in [6.07, 6.45) is 1.54. The third-order valence-corrected chi connectivity index (χ3v) is 8.46. The normalized spacial score (nSPS) is 11.6. The Hall–Kier alpha value is -3.59. The molecule has 0 aliphatic carbocycles. The molecule has 4 rings (SSSR count). The van der Waals surface area contributed by atoms with E-state index in [4.69, 9.17) is 23.2 Å². The lowest BCUT2D eigenvalue weighted by atomic mass is 10.2. The molecule has 4 aromatic rings. The average Bonchev–Trinajstić information content (AvgIpc) is 3.17. The van der Waals surface area contributed by atoms with E-state index >= 15 is 0 Å². The van der Waals surface area contributed by atoms with E-state index in [0.717, 1.165) is 32.5 Å². The number of carbonyl (C=O) groups excluding carboxylic acids is 1. The number of hydrazone groups is 1. The first-order valence-electron chi connectivity index (χ1n) is 11.7. The molecule has 10 heteroatoms. The molecular weight excluding hydrogens is 543 g/mol. The Morgan fingerprint density at radius 3 is 2.37 bits per heavy atom. The van der Waals surface area contributed by atoms with Crippen molar-refractivity contribution in [3.05, 3.63) is 111 Å². The summed E-state index contributed by atoms with van der Waals surface area (Å²) in [5, 5.41) is 4.53. The van der Waals surface area contributed by atoms with Crippen LogP contribution in [0.2, 0.25) is 10.0 Å². The van der Waals surface area contributed by atoms with Crippen LogP contribution < -0.4 is 9.73 Å². The van der Waals surface area contributed by atoms with Gasteiger partial charge in [-0.05, 0) is 74.9 Å². The standard InChI is InChI=1S/C28H26Cl2N4O3S/c1-19-8-7-9-24(14-19)34-20(2)15-22(21(34)3)17-31-32-28(35)18-33(23-12-13-26(29)27(30)16-23)38(36,37)25-10-5-4-6-11-25/h4-17H,18H2,1-3H3,(H,32,35)/b31-17-. The van der Waals surface area contributed by atoms with E-state index in [-0.39, 0.29) is 20.6 Å². The predicted molar refractivity (Wildman–Crippen MR) is 153 cm³/mol. The number of halogens is 2. The SMILES string of the molecule is Cc1cccc(-n2c(C)cc(/C=N\NC(=O)CN(c3ccc(Cl)c(Cl)c3)S(=O)(=O)c3ccccc3)c2C)c1. The second-order valence-electron chi connectivity index (χ2n) is 8.72. The van der Waals surface area contributed by atoms with Gasteiger partial charge in [-0.15, -0.1) is 0 Å². The summed E-state index contributed by atoms with van der Waals surface area (Å²) in [4.78, 5) is 12.9. The fraction of sp³-hybridized carbons (Fsp3) is 0.143. The molecule has 7 nitrogen and oxygen atoms in total. The van der Waals surface area contributed by atoms with E-state index in [9.17, 15) is 13.2 Å². The zero-order valence-corrected chi connectivity index (χ0v) is 23.3. The van der Waals surface area contributed by atoms with Crippen molar-refractivity contribution >= 4 is 51.0 Å². The highest BCUT2D eigenvalue weighted by molar-refractivity contribution is 7.92. The van der Waals surface area contributed by atoms with Crippen LogP contribution in [0.3, 0.4) is 0 Å². The predicted octanol–water partition coefficient (Wildman–Crippen LogP) is 6.05. The molecule has 0 saturated carbocycles. The largest absolute Gasteiger partial charge is 0.318 e. The Morgan fingerprint density at radius 1 is 0.947 bits per heavy atom. The van der Waals surface area contributed by atoms with E-state index in [1.54, 1.807) is 24.4 Å². The number of hydrogen-bond donors (Lipinski definition) is 1. The van der Waals surface area contributed by atoms with Crippen LogP contribution >= 0.6 is 23.2 Å². The van der Waals surface area contributed by atoms with Crippen LogP contribution in [0.1, 0.15) is 22.5 Å². The maximum absolute atomic E-state index is 13.4. The second kappa shape index (κ2) is 11.4. The Morgan fingerprint density at radius 2 is 1.68 bits per heavy atom. The molecular formula is C28H26Cl2N4O3S. The fourth-order valence-electron chi connectivity index (χ4n) is 4.10. The molecule has 0 saturated heterocycles. The van der Waals surface area contributed by atoms with Gasteiger partial charge in [0.15, 0.2) is 0 Å². The van der Waals surface area contributed by atoms with Gasteiger partial charge in [0.2, 0.25) is 0 Å². The zero-order chi connectivity index (χ0) is 27.4. The highest BCUT2D eigenvalue weighted by Crippen LogP contribution is 2.30. The summed E-state index contributed by atoms with van der Waals surface area (Å²) in [5.74, 6) is -0.626. The lowest BCUT2D eigenvalue weighted by Gasteiger charge is -2.24. The molecule has 1 N–H and O–H groups in total. The second-order valence-corrected chi connectivity index (χ2v) is 11.4. The van der Waals surface area contributed by atoms with Crippen LogP contribution in [-0.2, 0) is 14.8 Å². The Balaban J connectivity index is 1.56. The molecule has 196 valence electrons. The van der Waals surface area contributed by atoms with Gasteiger partial charge < -0.3 is 4.57 Å². The van der Waals surface area contributed by atoms with Crippen LogP contribution in [0.15, 0.2) is 88.9 Å². The molecule has 0 fully saturated rings. The highest BCUT2D eigenvalue weighted by Gasteiger charge is 2.27. The lowest BCUT2D eigenvalue weighted by Crippen LogP contribution is -2.39. The Kier molecular flexibility index (Phi) is 8.26. The summed E-state index contributed by atoms with van der Waals surface area (Å²) in [5.41, 5.74) is 7.61. The Bertz CT molecular complexity index is 1620. The topological polar surface area (TPSA) is 83.8 Å². The minimum absolute atomic E-state index is 0.0333. The van der Waals surface area contributed by atoms with Crippen LogP contribution in [-0.4, -0.2) is 31.7 Å². The van der Waals surface area contributed by atoms with E-state index < -0.39 is 22.5 Å². The maximum Gasteiger partial charge on any atom is 0.264 e. The third kappa shape index (κ3) is 5.93. The van der Waals surface area contributed by atoms with E-state index in [1.165, 1.54) is 30.3 Å². The molecule has 1 heterocycles. The van der Waals surface area contributed by atoms with Gasteiger partial charge in [-0.25, -0.2) is 13.8 Å². The lowest BCUT2D eigenvalue weighted by molar-refractivity contribution is -0.119. The van der Waals surface area contributed by atoms with Gasteiger partial charge in [-0.1, -0.05) is 53.5 Å². The molecule has 38 heavy (non-hydrogen) atoms. The fourth-order valence-corrected chi connectivity index (χ4v) is 5.82. The van der Waals surface area contributed by atoms with E-state index in [2.05, 4.69) is 21.2 Å². The molecule has 3 aromatic carbocycles. The third-order valence-electron chi connectivity index (χ3n) is 5.93. The highest BCUT2D eigenvalue weighted by atomic mass is 35.5. The monoisotopic (exact) mass is 568 g/mol.